The van der Waals surface area contributed by atoms with Gasteiger partial charge in [0.2, 0.25) is 5.96 Å². The van der Waals surface area contributed by atoms with Crippen molar-refractivity contribution in [3.8, 4) is 0 Å². The molecule has 1 rings (SSSR count). The second-order valence-corrected chi connectivity index (χ2v) is 5.32. The molecule has 0 saturated carbocycles. The first-order valence-electron chi connectivity index (χ1n) is 7.07. The van der Waals surface area contributed by atoms with Gasteiger partial charge in [0.25, 0.3) is 0 Å². The number of nitrogens with zero attached hydrogens (tertiary/aromatic N) is 3. The first-order chi connectivity index (χ1) is 9.17. The van der Waals surface area contributed by atoms with E-state index in [1.807, 2.05) is 7.05 Å². The summed E-state index contributed by atoms with van der Waals surface area (Å²) >= 11 is 0. The number of methoxy groups -OCH3 is 1. The minimum atomic E-state index is 0.735. The average molecular weight is 271 g/mol. The summed E-state index contributed by atoms with van der Waals surface area (Å²) in [5.74, 6) is 7.06. The third kappa shape index (κ3) is 6.22. The Hall–Kier alpha value is -0.850. The average Bonchev–Trinajstić information content (AvgIpc) is 2.41. The molecule has 1 aliphatic rings. The molecule has 0 aromatic rings. The number of hydrogen-bond acceptors (Lipinski definition) is 4. The number of guanidine groups is 1. The van der Waals surface area contributed by atoms with Crippen LogP contribution >= 0.6 is 0 Å². The molecule has 19 heavy (non-hydrogen) atoms. The highest BCUT2D eigenvalue weighted by atomic mass is 16.5. The maximum absolute atomic E-state index is 5.55. The zero-order valence-electron chi connectivity index (χ0n) is 12.6. The molecule has 1 heterocycles. The number of nitrogens with two attached hydrogens (primary N) is 1. The number of ether oxygens (including phenoxy) is 1. The molecular formula is C13H29N5O. The SMILES string of the molecule is COCCCN=C(NN)N(C)CC1CCN(C)CC1. The molecule has 1 aliphatic heterocycles. The molecule has 1 saturated heterocycles. The van der Waals surface area contributed by atoms with E-state index in [2.05, 4.69) is 27.3 Å². The van der Waals surface area contributed by atoms with Crippen molar-refractivity contribution in [3.05, 3.63) is 0 Å². The van der Waals surface area contributed by atoms with Crippen LogP contribution in [0.3, 0.4) is 0 Å². The lowest BCUT2D eigenvalue weighted by Gasteiger charge is -2.32. The van der Waals surface area contributed by atoms with Gasteiger partial charge < -0.3 is 14.5 Å². The van der Waals surface area contributed by atoms with Crippen molar-refractivity contribution in [3.63, 3.8) is 0 Å². The molecule has 0 amide bonds. The highest BCUT2D eigenvalue weighted by molar-refractivity contribution is 5.79. The first kappa shape index (κ1) is 16.2. The maximum Gasteiger partial charge on any atom is 0.208 e. The van der Waals surface area contributed by atoms with Gasteiger partial charge in [-0.1, -0.05) is 0 Å². The number of piperidine rings is 1. The lowest BCUT2D eigenvalue weighted by molar-refractivity contribution is 0.195. The van der Waals surface area contributed by atoms with Gasteiger partial charge in [-0.25, -0.2) is 5.84 Å². The van der Waals surface area contributed by atoms with Gasteiger partial charge in [0.15, 0.2) is 0 Å². The zero-order valence-corrected chi connectivity index (χ0v) is 12.6. The Morgan fingerprint density at radius 1 is 1.47 bits per heavy atom. The second-order valence-electron chi connectivity index (χ2n) is 5.32. The Balaban J connectivity index is 2.33. The highest BCUT2D eigenvalue weighted by Crippen LogP contribution is 2.16. The second kappa shape index (κ2) is 9.12. The molecule has 112 valence electrons. The number of likely N-dealkylation sites (tertiary alicyclic amines) is 1. The molecule has 0 unspecified atom stereocenters. The van der Waals surface area contributed by atoms with E-state index in [1.165, 1.54) is 25.9 Å². The van der Waals surface area contributed by atoms with E-state index in [0.29, 0.717) is 0 Å². The Kier molecular flexibility index (Phi) is 7.78. The summed E-state index contributed by atoms with van der Waals surface area (Å²) < 4.78 is 5.01. The van der Waals surface area contributed by atoms with Crippen molar-refractivity contribution >= 4 is 5.96 Å². The number of rotatable bonds is 6. The van der Waals surface area contributed by atoms with Crippen LogP contribution in [0.15, 0.2) is 4.99 Å². The topological polar surface area (TPSA) is 66.1 Å². The van der Waals surface area contributed by atoms with E-state index in [1.54, 1.807) is 7.11 Å². The van der Waals surface area contributed by atoms with Crippen molar-refractivity contribution < 1.29 is 4.74 Å². The van der Waals surface area contributed by atoms with E-state index in [-0.39, 0.29) is 0 Å². The van der Waals surface area contributed by atoms with E-state index in [0.717, 1.165) is 38.0 Å². The van der Waals surface area contributed by atoms with Crippen LogP contribution in [0.25, 0.3) is 0 Å². The summed E-state index contributed by atoms with van der Waals surface area (Å²) in [6.45, 7) is 4.87. The molecule has 0 aromatic carbocycles. The number of aliphatic imine (C=N–C) groups is 1. The van der Waals surface area contributed by atoms with Crippen LogP contribution in [-0.2, 0) is 4.74 Å². The Morgan fingerprint density at radius 2 is 2.16 bits per heavy atom. The summed E-state index contributed by atoms with van der Waals surface area (Å²) in [4.78, 5) is 8.99. The van der Waals surface area contributed by atoms with Gasteiger partial charge in [-0.15, -0.1) is 0 Å². The standard InChI is InChI=1S/C13H29N5O/c1-17-8-5-12(6-9-17)11-18(2)13(16-14)15-7-4-10-19-3/h12H,4-11,14H2,1-3H3,(H,15,16). The molecule has 6 nitrogen and oxygen atoms in total. The van der Waals surface area contributed by atoms with Crippen molar-refractivity contribution in [1.82, 2.24) is 15.2 Å². The largest absolute Gasteiger partial charge is 0.385 e. The van der Waals surface area contributed by atoms with Crippen LogP contribution in [0.5, 0.6) is 0 Å². The molecule has 0 radical (unpaired) electrons. The predicted octanol–water partition coefficient (Wildman–Crippen LogP) is 0.116. The molecule has 0 aromatic heterocycles. The minimum Gasteiger partial charge on any atom is -0.385 e. The van der Waals surface area contributed by atoms with Crippen molar-refractivity contribution in [1.29, 1.82) is 0 Å². The summed E-state index contributed by atoms with van der Waals surface area (Å²) in [5, 5.41) is 0. The van der Waals surface area contributed by atoms with Gasteiger partial charge in [0, 0.05) is 33.9 Å². The van der Waals surface area contributed by atoms with Crippen LogP contribution in [0.1, 0.15) is 19.3 Å². The number of hydrazine groups is 1. The molecule has 0 aliphatic carbocycles. The molecule has 0 atom stereocenters. The van der Waals surface area contributed by atoms with Crippen LogP contribution < -0.4 is 11.3 Å². The van der Waals surface area contributed by atoms with Gasteiger partial charge in [-0.3, -0.25) is 10.4 Å². The molecule has 0 spiro atoms. The summed E-state index contributed by atoms with van der Waals surface area (Å²) in [6, 6.07) is 0. The van der Waals surface area contributed by atoms with Gasteiger partial charge in [0.05, 0.1) is 0 Å². The van der Waals surface area contributed by atoms with Crippen molar-refractivity contribution in [2.75, 3.05) is 54.0 Å². The highest BCUT2D eigenvalue weighted by Gasteiger charge is 2.19. The zero-order chi connectivity index (χ0) is 14.1. The number of hydrogen-bond donors (Lipinski definition) is 2. The normalized spacial score (nSPS) is 18.6. The van der Waals surface area contributed by atoms with Crippen LogP contribution in [0.2, 0.25) is 0 Å². The summed E-state index contributed by atoms with van der Waals surface area (Å²) in [6.07, 6.45) is 3.43. The van der Waals surface area contributed by atoms with E-state index in [4.69, 9.17) is 10.6 Å². The lowest BCUT2D eigenvalue weighted by atomic mass is 9.97. The third-order valence-corrected chi connectivity index (χ3v) is 3.63. The fraction of sp³-hybridized carbons (Fsp3) is 0.923. The van der Waals surface area contributed by atoms with Gasteiger partial charge >= 0.3 is 0 Å². The molecule has 3 N–H and O–H groups in total. The third-order valence-electron chi connectivity index (χ3n) is 3.63. The molecular weight excluding hydrogens is 242 g/mol. The Labute approximate surface area is 117 Å². The molecule has 1 fully saturated rings. The summed E-state index contributed by atoms with van der Waals surface area (Å²) in [7, 11) is 5.94. The van der Waals surface area contributed by atoms with Crippen molar-refractivity contribution in [2.45, 2.75) is 19.3 Å². The first-order valence-corrected chi connectivity index (χ1v) is 7.07. The van der Waals surface area contributed by atoms with E-state index in [9.17, 15) is 0 Å². The molecule has 6 heteroatoms. The van der Waals surface area contributed by atoms with Crippen molar-refractivity contribution in [2.24, 2.45) is 16.8 Å². The fourth-order valence-corrected chi connectivity index (χ4v) is 2.39. The lowest BCUT2D eigenvalue weighted by Crippen LogP contribution is -2.46. The van der Waals surface area contributed by atoms with Crippen LogP contribution in [0.4, 0.5) is 0 Å². The van der Waals surface area contributed by atoms with Gasteiger partial charge in [-0.05, 0) is 45.3 Å². The predicted molar refractivity (Wildman–Crippen MR) is 79.0 cm³/mol. The fourth-order valence-electron chi connectivity index (χ4n) is 2.39. The Bertz CT molecular complexity index is 264. The van der Waals surface area contributed by atoms with E-state index >= 15 is 0 Å². The van der Waals surface area contributed by atoms with E-state index < -0.39 is 0 Å². The summed E-state index contributed by atoms with van der Waals surface area (Å²) in [5.41, 5.74) is 2.70. The van der Waals surface area contributed by atoms with Crippen LogP contribution in [0, 0.1) is 5.92 Å². The quantitative estimate of drug-likeness (QED) is 0.236. The van der Waals surface area contributed by atoms with Crippen LogP contribution in [-0.4, -0.2) is 69.8 Å². The minimum absolute atomic E-state index is 0.735. The Morgan fingerprint density at radius 3 is 2.74 bits per heavy atom. The van der Waals surface area contributed by atoms with Gasteiger partial charge in [-0.2, -0.15) is 0 Å². The monoisotopic (exact) mass is 271 g/mol. The van der Waals surface area contributed by atoms with Gasteiger partial charge in [0.1, 0.15) is 0 Å². The smallest absolute Gasteiger partial charge is 0.208 e. The number of nitrogens with one attached hydrogen (secondary N) is 1. The molecule has 0 bridgehead atoms. The maximum atomic E-state index is 5.55.